The van der Waals surface area contributed by atoms with Crippen LogP contribution in [0.25, 0.3) is 17.8 Å². The van der Waals surface area contributed by atoms with Gasteiger partial charge in [-0.05, 0) is 62.1 Å². The van der Waals surface area contributed by atoms with Gasteiger partial charge in [0.25, 0.3) is 11.8 Å². The minimum Gasteiger partial charge on any atom is -0.338 e. The molecule has 5 rings (SSSR count). The van der Waals surface area contributed by atoms with Crippen LogP contribution in [0.3, 0.4) is 0 Å². The fraction of sp³-hybridized carbons (Fsp3) is 0.259. The van der Waals surface area contributed by atoms with Crippen molar-refractivity contribution in [2.24, 2.45) is 0 Å². The molecule has 2 fully saturated rings. The van der Waals surface area contributed by atoms with Crippen molar-refractivity contribution in [3.8, 4) is 5.69 Å². The van der Waals surface area contributed by atoms with Crippen LogP contribution < -0.4 is 10.6 Å². The van der Waals surface area contributed by atoms with Gasteiger partial charge in [-0.15, -0.1) is 0 Å². The van der Waals surface area contributed by atoms with E-state index in [4.69, 9.17) is 11.6 Å². The third-order valence-electron chi connectivity index (χ3n) is 6.88. The molecule has 2 aliphatic heterocycles. The summed E-state index contributed by atoms with van der Waals surface area (Å²) in [4.78, 5) is 39.0. The van der Waals surface area contributed by atoms with Gasteiger partial charge in [-0.1, -0.05) is 48.0 Å². The second-order valence-electron chi connectivity index (χ2n) is 9.22. The lowest BCUT2D eigenvalue weighted by Crippen LogP contribution is -2.55. The first-order chi connectivity index (χ1) is 17.3. The molecule has 184 valence electrons. The van der Waals surface area contributed by atoms with Gasteiger partial charge >= 0.3 is 6.03 Å². The first-order valence-electron chi connectivity index (χ1n) is 11.8. The van der Waals surface area contributed by atoms with Crippen molar-refractivity contribution in [1.29, 1.82) is 0 Å². The summed E-state index contributed by atoms with van der Waals surface area (Å²) in [5.41, 5.74) is 3.95. The molecule has 1 aromatic heterocycles. The molecule has 3 heterocycles. The van der Waals surface area contributed by atoms with Crippen molar-refractivity contribution in [3.05, 3.63) is 81.6 Å². The number of nitrogens with zero attached hydrogens (tertiary/aromatic N) is 3. The summed E-state index contributed by atoms with van der Waals surface area (Å²) in [6, 6.07) is 15.1. The molecule has 2 saturated heterocycles. The largest absolute Gasteiger partial charge is 0.338 e. The standard InChI is InChI=1S/C27H26ClN5O3/c1-17-23(24(34)32-14-12-27(13-15-32)25(35)29-26(36)30-27)18(2)33(31-17)22-5-3-4-20(16-22)7-6-19-8-10-21(28)11-9-19/h3-11,16H,12-15H2,1-2H3,(H2,29,30,35,36)/b7-6+. The third kappa shape index (κ3) is 4.40. The smallest absolute Gasteiger partial charge is 0.322 e. The maximum atomic E-state index is 13.4. The van der Waals surface area contributed by atoms with Gasteiger partial charge in [0.05, 0.1) is 22.6 Å². The Hall–Kier alpha value is -3.91. The number of benzene rings is 2. The quantitative estimate of drug-likeness (QED) is 0.413. The van der Waals surface area contributed by atoms with E-state index in [9.17, 15) is 14.4 Å². The van der Waals surface area contributed by atoms with E-state index in [1.807, 2.05) is 74.5 Å². The van der Waals surface area contributed by atoms with Gasteiger partial charge in [0, 0.05) is 18.1 Å². The molecule has 0 bridgehead atoms. The Morgan fingerprint density at radius 2 is 1.72 bits per heavy atom. The SMILES string of the molecule is Cc1nn(-c2cccc(/C=C/c3ccc(Cl)cc3)c2)c(C)c1C(=O)N1CCC2(CC1)NC(=O)NC2=O. The van der Waals surface area contributed by atoms with Crippen LogP contribution in [0.4, 0.5) is 4.79 Å². The van der Waals surface area contributed by atoms with Gasteiger partial charge < -0.3 is 10.2 Å². The highest BCUT2D eigenvalue weighted by atomic mass is 35.5. The number of rotatable bonds is 4. The maximum absolute atomic E-state index is 13.4. The molecule has 1 spiro atoms. The summed E-state index contributed by atoms with van der Waals surface area (Å²) in [6.07, 6.45) is 4.79. The van der Waals surface area contributed by atoms with Crippen LogP contribution in [0.5, 0.6) is 0 Å². The van der Waals surface area contributed by atoms with Crippen LogP contribution in [0.15, 0.2) is 48.5 Å². The molecule has 0 atom stereocenters. The molecule has 4 amide bonds. The van der Waals surface area contributed by atoms with Crippen LogP contribution in [0.1, 0.15) is 45.7 Å². The Kier molecular flexibility index (Phi) is 6.14. The van der Waals surface area contributed by atoms with Crippen molar-refractivity contribution in [3.63, 3.8) is 0 Å². The van der Waals surface area contributed by atoms with E-state index in [-0.39, 0.29) is 11.8 Å². The summed E-state index contributed by atoms with van der Waals surface area (Å²) in [7, 11) is 0. The number of hydrogen-bond acceptors (Lipinski definition) is 4. The second kappa shape index (κ2) is 9.28. The maximum Gasteiger partial charge on any atom is 0.322 e. The van der Waals surface area contributed by atoms with E-state index in [0.29, 0.717) is 42.2 Å². The van der Waals surface area contributed by atoms with E-state index in [1.54, 1.807) is 9.58 Å². The van der Waals surface area contributed by atoms with Crippen molar-refractivity contribution in [1.82, 2.24) is 25.3 Å². The van der Waals surface area contributed by atoms with E-state index in [2.05, 4.69) is 15.7 Å². The number of carbonyl (C=O) groups is 3. The van der Waals surface area contributed by atoms with E-state index in [1.165, 1.54) is 0 Å². The van der Waals surface area contributed by atoms with Gasteiger partial charge in [0.2, 0.25) is 0 Å². The predicted octanol–water partition coefficient (Wildman–Crippen LogP) is 4.13. The van der Waals surface area contributed by atoms with Crippen molar-refractivity contribution >= 4 is 41.6 Å². The second-order valence-corrected chi connectivity index (χ2v) is 9.66. The summed E-state index contributed by atoms with van der Waals surface area (Å²) in [5.74, 6) is -0.431. The Labute approximate surface area is 213 Å². The van der Waals surface area contributed by atoms with Crippen molar-refractivity contribution in [2.75, 3.05) is 13.1 Å². The van der Waals surface area contributed by atoms with Crippen LogP contribution in [-0.4, -0.2) is 51.2 Å². The van der Waals surface area contributed by atoms with Gasteiger partial charge in [-0.2, -0.15) is 5.10 Å². The van der Waals surface area contributed by atoms with Gasteiger partial charge in [-0.3, -0.25) is 14.9 Å². The monoisotopic (exact) mass is 503 g/mol. The highest BCUT2D eigenvalue weighted by Crippen LogP contribution is 2.28. The summed E-state index contributed by atoms with van der Waals surface area (Å²) in [6.45, 7) is 4.47. The Bertz CT molecular complexity index is 1380. The molecule has 0 radical (unpaired) electrons. The summed E-state index contributed by atoms with van der Waals surface area (Å²) < 4.78 is 1.79. The van der Waals surface area contributed by atoms with Crippen LogP contribution in [0, 0.1) is 13.8 Å². The molecule has 36 heavy (non-hydrogen) atoms. The lowest BCUT2D eigenvalue weighted by molar-refractivity contribution is -0.125. The average Bonchev–Trinajstić information content (AvgIpc) is 3.32. The number of aryl methyl sites for hydroxylation is 1. The van der Waals surface area contributed by atoms with Crippen molar-refractivity contribution < 1.29 is 14.4 Å². The number of halogens is 1. The molecule has 8 nitrogen and oxygen atoms in total. The normalized spacial score (nSPS) is 17.0. The van der Waals surface area contributed by atoms with E-state index >= 15 is 0 Å². The topological polar surface area (TPSA) is 96.3 Å². The van der Waals surface area contributed by atoms with Crippen LogP contribution >= 0.6 is 11.6 Å². The average molecular weight is 504 g/mol. The lowest BCUT2D eigenvalue weighted by atomic mass is 9.87. The number of amides is 4. The Morgan fingerprint density at radius 1 is 1.03 bits per heavy atom. The molecular formula is C27H26ClN5O3. The minimum absolute atomic E-state index is 0.116. The minimum atomic E-state index is -0.915. The molecule has 0 saturated carbocycles. The number of piperidine rings is 1. The van der Waals surface area contributed by atoms with E-state index < -0.39 is 11.6 Å². The Balaban J connectivity index is 1.34. The molecule has 2 aliphatic rings. The molecule has 0 aliphatic carbocycles. The fourth-order valence-corrected chi connectivity index (χ4v) is 4.99. The summed E-state index contributed by atoms with van der Waals surface area (Å²) >= 11 is 5.97. The number of carbonyl (C=O) groups excluding carboxylic acids is 3. The van der Waals surface area contributed by atoms with Gasteiger partial charge in [0.15, 0.2) is 0 Å². The number of urea groups is 1. The third-order valence-corrected chi connectivity index (χ3v) is 7.13. The van der Waals surface area contributed by atoms with E-state index in [0.717, 1.165) is 22.5 Å². The molecule has 3 aromatic rings. The van der Waals surface area contributed by atoms with Crippen LogP contribution in [0.2, 0.25) is 5.02 Å². The number of likely N-dealkylation sites (tertiary alicyclic amines) is 1. The summed E-state index contributed by atoms with van der Waals surface area (Å²) in [5, 5.41) is 10.4. The molecular weight excluding hydrogens is 478 g/mol. The van der Waals surface area contributed by atoms with Gasteiger partial charge in [-0.25, -0.2) is 9.48 Å². The number of aromatic nitrogens is 2. The number of nitrogens with one attached hydrogen (secondary N) is 2. The van der Waals surface area contributed by atoms with Crippen LogP contribution in [-0.2, 0) is 4.79 Å². The highest BCUT2D eigenvalue weighted by Gasteiger charge is 2.48. The zero-order chi connectivity index (χ0) is 25.4. The zero-order valence-electron chi connectivity index (χ0n) is 20.0. The van der Waals surface area contributed by atoms with Crippen molar-refractivity contribution in [2.45, 2.75) is 32.2 Å². The Morgan fingerprint density at radius 3 is 2.39 bits per heavy atom. The zero-order valence-corrected chi connectivity index (χ0v) is 20.8. The molecule has 2 aromatic carbocycles. The molecule has 9 heteroatoms. The first-order valence-corrected chi connectivity index (χ1v) is 12.2. The first kappa shape index (κ1) is 23.8. The van der Waals surface area contributed by atoms with Gasteiger partial charge in [0.1, 0.15) is 5.54 Å². The lowest BCUT2D eigenvalue weighted by Gasteiger charge is -2.37. The molecule has 0 unspecified atom stereocenters. The number of hydrogen-bond donors (Lipinski definition) is 2. The fourth-order valence-electron chi connectivity index (χ4n) is 4.86. The predicted molar refractivity (Wildman–Crippen MR) is 138 cm³/mol. The number of imide groups is 1. The highest BCUT2D eigenvalue weighted by molar-refractivity contribution is 6.30. The molecule has 2 N–H and O–H groups in total.